The predicted molar refractivity (Wildman–Crippen MR) is 110 cm³/mol. The van der Waals surface area contributed by atoms with E-state index in [-0.39, 0.29) is 17.7 Å². The molecule has 0 saturated heterocycles. The summed E-state index contributed by atoms with van der Waals surface area (Å²) in [5.74, 6) is -1.13. The van der Waals surface area contributed by atoms with E-state index >= 15 is 0 Å². The lowest BCUT2D eigenvalue weighted by atomic mass is 10.1. The normalized spacial score (nSPS) is 12.8. The summed E-state index contributed by atoms with van der Waals surface area (Å²) in [7, 11) is 0. The van der Waals surface area contributed by atoms with Gasteiger partial charge in [-0.1, -0.05) is 30.3 Å². The van der Waals surface area contributed by atoms with Gasteiger partial charge < -0.3 is 28.3 Å². The number of hydrogen-bond acceptors (Lipinski definition) is 6. The highest BCUT2D eigenvalue weighted by Gasteiger charge is 2.21. The van der Waals surface area contributed by atoms with E-state index in [1.165, 1.54) is 11.3 Å². The van der Waals surface area contributed by atoms with Gasteiger partial charge in [0, 0.05) is 11.9 Å². The number of nitrogens with two attached hydrogens (primary N) is 4. The zero-order valence-electron chi connectivity index (χ0n) is 15.4. The van der Waals surface area contributed by atoms with Crippen molar-refractivity contribution in [3.63, 3.8) is 0 Å². The molecule has 2 rings (SSSR count). The molecule has 2 atom stereocenters. The van der Waals surface area contributed by atoms with E-state index in [1.807, 2.05) is 30.3 Å². The van der Waals surface area contributed by atoms with Gasteiger partial charge in [0.15, 0.2) is 5.96 Å². The second-order valence-electron chi connectivity index (χ2n) is 6.24. The molecular formula is C18H25N7O2S. The van der Waals surface area contributed by atoms with Gasteiger partial charge in [0.25, 0.3) is 5.91 Å². The van der Waals surface area contributed by atoms with E-state index in [0.717, 1.165) is 5.56 Å². The highest BCUT2D eigenvalue weighted by atomic mass is 32.1. The number of aromatic nitrogens is 1. The Morgan fingerprint density at radius 3 is 2.54 bits per heavy atom. The Bertz CT molecular complexity index is 818. The lowest BCUT2D eigenvalue weighted by molar-refractivity contribution is -0.120. The third-order valence-corrected chi connectivity index (χ3v) is 4.94. The van der Waals surface area contributed by atoms with Gasteiger partial charge >= 0.3 is 0 Å². The zero-order valence-corrected chi connectivity index (χ0v) is 16.2. The maximum absolute atomic E-state index is 12.4. The summed E-state index contributed by atoms with van der Waals surface area (Å²) < 4.78 is 0. The van der Waals surface area contributed by atoms with Crippen LogP contribution in [0.5, 0.6) is 0 Å². The van der Waals surface area contributed by atoms with Crippen molar-refractivity contribution in [2.75, 3.05) is 6.54 Å². The number of primary amides is 1. The van der Waals surface area contributed by atoms with Crippen molar-refractivity contribution >= 4 is 29.1 Å². The molecule has 9 N–H and O–H groups in total. The Balaban J connectivity index is 1.94. The molecule has 0 aliphatic carbocycles. The molecule has 1 heterocycles. The van der Waals surface area contributed by atoms with Gasteiger partial charge in [0.1, 0.15) is 16.7 Å². The minimum absolute atomic E-state index is 0.0264. The number of hydrogen-bond donors (Lipinski definition) is 5. The highest BCUT2D eigenvalue weighted by Crippen LogP contribution is 2.20. The first-order valence-corrected chi connectivity index (χ1v) is 9.65. The molecule has 0 bridgehead atoms. The van der Waals surface area contributed by atoms with Crippen LogP contribution in [0.2, 0.25) is 0 Å². The number of rotatable bonds is 10. The van der Waals surface area contributed by atoms with E-state index in [9.17, 15) is 9.59 Å². The first-order chi connectivity index (χ1) is 13.4. The van der Waals surface area contributed by atoms with Gasteiger partial charge in [-0.15, -0.1) is 11.3 Å². The summed E-state index contributed by atoms with van der Waals surface area (Å²) >= 11 is 1.31. The van der Waals surface area contributed by atoms with Crippen molar-refractivity contribution in [3.8, 4) is 0 Å². The van der Waals surface area contributed by atoms with Gasteiger partial charge in [0.2, 0.25) is 5.91 Å². The molecular weight excluding hydrogens is 378 g/mol. The van der Waals surface area contributed by atoms with Crippen LogP contribution in [0.1, 0.15) is 39.9 Å². The van der Waals surface area contributed by atoms with Gasteiger partial charge in [-0.2, -0.15) is 0 Å². The van der Waals surface area contributed by atoms with Gasteiger partial charge in [-0.3, -0.25) is 14.6 Å². The van der Waals surface area contributed by atoms with Crippen molar-refractivity contribution < 1.29 is 9.59 Å². The van der Waals surface area contributed by atoms with Crippen LogP contribution >= 0.6 is 11.3 Å². The molecule has 10 heteroatoms. The molecule has 0 saturated carbocycles. The molecule has 2 aromatic rings. The Morgan fingerprint density at radius 2 is 1.89 bits per heavy atom. The van der Waals surface area contributed by atoms with Gasteiger partial charge in [0.05, 0.1) is 6.04 Å². The van der Waals surface area contributed by atoms with Crippen molar-refractivity contribution in [1.82, 2.24) is 10.3 Å². The SMILES string of the molecule is NC(=O)C(CCCN=C(N)N)NC(=O)c1csc(C(N)Cc2ccccc2)n1. The fourth-order valence-electron chi connectivity index (χ4n) is 2.54. The molecule has 1 aromatic carbocycles. The van der Waals surface area contributed by atoms with Crippen molar-refractivity contribution in [1.29, 1.82) is 0 Å². The number of carbonyl (C=O) groups excluding carboxylic acids is 2. The molecule has 0 radical (unpaired) electrons. The standard InChI is InChI=1S/C18H25N7O2S/c19-12(9-11-5-2-1-3-6-11)17-25-14(10-28-17)16(27)24-13(15(20)26)7-4-8-23-18(21)22/h1-3,5-6,10,12-13H,4,7-9,19H2,(H2,20,26)(H,24,27)(H4,21,22,23). The fraction of sp³-hybridized carbons (Fsp3) is 0.333. The minimum Gasteiger partial charge on any atom is -0.370 e. The second kappa shape index (κ2) is 10.4. The highest BCUT2D eigenvalue weighted by molar-refractivity contribution is 7.09. The van der Waals surface area contributed by atoms with E-state index in [1.54, 1.807) is 5.38 Å². The van der Waals surface area contributed by atoms with Crippen LogP contribution in [0.4, 0.5) is 0 Å². The van der Waals surface area contributed by atoms with Crippen LogP contribution in [-0.4, -0.2) is 35.3 Å². The Hall–Kier alpha value is -2.98. The van der Waals surface area contributed by atoms with E-state index in [2.05, 4.69) is 15.3 Å². The van der Waals surface area contributed by atoms with Crippen molar-refractivity contribution in [2.45, 2.75) is 31.3 Å². The number of carbonyl (C=O) groups is 2. The molecule has 1 aromatic heterocycles. The molecule has 0 aliphatic rings. The largest absolute Gasteiger partial charge is 0.370 e. The average Bonchev–Trinajstić information content (AvgIpc) is 3.15. The summed E-state index contributed by atoms with van der Waals surface area (Å²) in [6.45, 7) is 0.344. The second-order valence-corrected chi connectivity index (χ2v) is 7.13. The number of amides is 2. The van der Waals surface area contributed by atoms with E-state index in [4.69, 9.17) is 22.9 Å². The summed E-state index contributed by atoms with van der Waals surface area (Å²) in [6.07, 6.45) is 1.43. The minimum atomic E-state index is -0.829. The zero-order chi connectivity index (χ0) is 20.5. The maximum Gasteiger partial charge on any atom is 0.271 e. The molecule has 0 fully saturated rings. The third kappa shape index (κ3) is 6.63. The van der Waals surface area contributed by atoms with Crippen LogP contribution < -0.4 is 28.3 Å². The van der Waals surface area contributed by atoms with Crippen LogP contribution in [0.25, 0.3) is 0 Å². The smallest absolute Gasteiger partial charge is 0.271 e. The fourth-order valence-corrected chi connectivity index (χ4v) is 3.34. The molecule has 0 spiro atoms. The monoisotopic (exact) mass is 403 g/mol. The molecule has 0 aliphatic heterocycles. The molecule has 9 nitrogen and oxygen atoms in total. The number of aliphatic imine (C=N–C) groups is 1. The molecule has 2 amide bonds. The number of guanidine groups is 1. The topological polar surface area (TPSA) is 176 Å². The number of nitrogens with zero attached hydrogens (tertiary/aromatic N) is 2. The lowest BCUT2D eigenvalue weighted by Crippen LogP contribution is -2.44. The van der Waals surface area contributed by atoms with Crippen LogP contribution in [0, 0.1) is 0 Å². The van der Waals surface area contributed by atoms with Crippen LogP contribution in [0.3, 0.4) is 0 Å². The molecule has 28 heavy (non-hydrogen) atoms. The summed E-state index contributed by atoms with van der Waals surface area (Å²) in [4.78, 5) is 32.2. The maximum atomic E-state index is 12.4. The number of thiazole rings is 1. The summed E-state index contributed by atoms with van der Waals surface area (Å²) in [6, 6.07) is 8.65. The Morgan fingerprint density at radius 1 is 1.18 bits per heavy atom. The summed E-state index contributed by atoms with van der Waals surface area (Å²) in [5, 5.41) is 4.87. The van der Waals surface area contributed by atoms with Gasteiger partial charge in [-0.05, 0) is 24.8 Å². The Kier molecular flexibility index (Phi) is 7.90. The molecule has 150 valence electrons. The van der Waals surface area contributed by atoms with Crippen molar-refractivity contribution in [3.05, 3.63) is 52.0 Å². The quantitative estimate of drug-likeness (QED) is 0.212. The summed E-state index contributed by atoms with van der Waals surface area (Å²) in [5.41, 5.74) is 23.4. The van der Waals surface area contributed by atoms with Crippen molar-refractivity contribution in [2.24, 2.45) is 27.9 Å². The predicted octanol–water partition coefficient (Wildman–Crippen LogP) is 0.0229. The number of benzene rings is 1. The first kappa shape index (κ1) is 21.3. The van der Waals surface area contributed by atoms with Crippen LogP contribution in [0.15, 0.2) is 40.7 Å². The van der Waals surface area contributed by atoms with Crippen LogP contribution in [-0.2, 0) is 11.2 Å². The van der Waals surface area contributed by atoms with E-state index in [0.29, 0.717) is 30.8 Å². The van der Waals surface area contributed by atoms with Gasteiger partial charge in [-0.25, -0.2) is 4.98 Å². The van der Waals surface area contributed by atoms with E-state index < -0.39 is 17.9 Å². The third-order valence-electron chi connectivity index (χ3n) is 3.96. The number of nitrogens with one attached hydrogen (secondary N) is 1. The lowest BCUT2D eigenvalue weighted by Gasteiger charge is -2.14. The average molecular weight is 404 g/mol. The molecule has 2 unspecified atom stereocenters. The Labute approximate surface area is 167 Å². The first-order valence-electron chi connectivity index (χ1n) is 8.77.